The number of hydrogen-bond acceptors (Lipinski definition) is 3. The van der Waals surface area contributed by atoms with Gasteiger partial charge in [0.2, 0.25) is 10.0 Å². The van der Waals surface area contributed by atoms with E-state index in [0.29, 0.717) is 6.04 Å². The van der Waals surface area contributed by atoms with Crippen LogP contribution in [0.4, 0.5) is 5.69 Å². The van der Waals surface area contributed by atoms with Crippen LogP contribution in [0.15, 0.2) is 17.0 Å². The fourth-order valence-electron chi connectivity index (χ4n) is 2.09. The first-order chi connectivity index (χ1) is 8.79. The number of anilines is 1. The predicted molar refractivity (Wildman–Crippen MR) is 79.9 cm³/mol. The molecule has 5 heteroatoms. The van der Waals surface area contributed by atoms with E-state index in [1.165, 1.54) is 0 Å². The molecule has 1 aromatic carbocycles. The minimum Gasteiger partial charge on any atom is -0.382 e. The van der Waals surface area contributed by atoms with Gasteiger partial charge in [0.25, 0.3) is 0 Å². The van der Waals surface area contributed by atoms with E-state index in [2.05, 4.69) is 19.2 Å². The Morgan fingerprint density at radius 2 is 1.89 bits per heavy atom. The standard InChI is InChI=1S/C14H24N2O2S/c1-5-7-12(6-2)16-14-9-13(19(15,17)18)8-10(3)11(14)4/h8-9,12,16H,5-7H2,1-4H3,(H2,15,17,18). The molecule has 108 valence electrons. The topological polar surface area (TPSA) is 72.2 Å². The van der Waals surface area contributed by atoms with Crippen LogP contribution < -0.4 is 10.5 Å². The zero-order valence-corrected chi connectivity index (χ0v) is 13.0. The first-order valence-corrected chi connectivity index (χ1v) is 8.24. The number of aryl methyl sites for hydroxylation is 1. The van der Waals surface area contributed by atoms with Gasteiger partial charge in [-0.1, -0.05) is 20.3 Å². The van der Waals surface area contributed by atoms with E-state index in [-0.39, 0.29) is 4.90 Å². The molecule has 0 aliphatic rings. The molecule has 1 aromatic rings. The van der Waals surface area contributed by atoms with E-state index in [9.17, 15) is 8.42 Å². The second-order valence-electron chi connectivity index (χ2n) is 5.00. The lowest BCUT2D eigenvalue weighted by Crippen LogP contribution is -2.20. The van der Waals surface area contributed by atoms with Crippen LogP contribution in [0.1, 0.15) is 44.2 Å². The summed E-state index contributed by atoms with van der Waals surface area (Å²) in [5.41, 5.74) is 2.87. The third kappa shape index (κ3) is 4.21. The summed E-state index contributed by atoms with van der Waals surface area (Å²) in [7, 11) is -3.66. The number of primary sulfonamides is 1. The molecule has 0 aliphatic heterocycles. The molecule has 0 aromatic heterocycles. The van der Waals surface area contributed by atoms with Crippen LogP contribution in [0.2, 0.25) is 0 Å². The highest BCUT2D eigenvalue weighted by Crippen LogP contribution is 2.25. The second-order valence-corrected chi connectivity index (χ2v) is 6.56. The molecule has 1 atom stereocenters. The predicted octanol–water partition coefficient (Wildman–Crippen LogP) is 2.94. The first-order valence-electron chi connectivity index (χ1n) is 6.70. The number of nitrogens with two attached hydrogens (primary N) is 1. The van der Waals surface area contributed by atoms with Gasteiger partial charge in [-0.15, -0.1) is 0 Å². The molecule has 0 amide bonds. The van der Waals surface area contributed by atoms with E-state index >= 15 is 0 Å². The van der Waals surface area contributed by atoms with Crippen LogP contribution in [0.5, 0.6) is 0 Å². The molecule has 0 bridgehead atoms. The number of benzene rings is 1. The third-order valence-electron chi connectivity index (χ3n) is 3.46. The molecule has 1 rings (SSSR count). The van der Waals surface area contributed by atoms with Crippen molar-refractivity contribution in [2.45, 2.75) is 57.9 Å². The quantitative estimate of drug-likeness (QED) is 0.843. The van der Waals surface area contributed by atoms with Gasteiger partial charge in [-0.3, -0.25) is 0 Å². The highest BCUT2D eigenvalue weighted by atomic mass is 32.2. The molecule has 0 heterocycles. The van der Waals surface area contributed by atoms with Crippen molar-refractivity contribution in [3.05, 3.63) is 23.3 Å². The van der Waals surface area contributed by atoms with Crippen LogP contribution in [-0.4, -0.2) is 14.5 Å². The minimum absolute atomic E-state index is 0.171. The smallest absolute Gasteiger partial charge is 0.238 e. The minimum atomic E-state index is -3.66. The van der Waals surface area contributed by atoms with Gasteiger partial charge < -0.3 is 5.32 Å². The second kappa shape index (κ2) is 6.39. The molecule has 0 spiro atoms. The number of nitrogens with one attached hydrogen (secondary N) is 1. The molecular weight excluding hydrogens is 260 g/mol. The lowest BCUT2D eigenvalue weighted by molar-refractivity contribution is 0.597. The molecule has 0 aliphatic carbocycles. The van der Waals surface area contributed by atoms with Gasteiger partial charge in [-0.2, -0.15) is 0 Å². The Labute approximate surface area is 116 Å². The van der Waals surface area contributed by atoms with Crippen molar-refractivity contribution in [1.29, 1.82) is 0 Å². The van der Waals surface area contributed by atoms with E-state index in [1.54, 1.807) is 12.1 Å². The molecule has 0 saturated carbocycles. The van der Waals surface area contributed by atoms with E-state index < -0.39 is 10.0 Å². The lowest BCUT2D eigenvalue weighted by atomic mass is 10.1. The van der Waals surface area contributed by atoms with Gasteiger partial charge in [-0.25, -0.2) is 13.6 Å². The summed E-state index contributed by atoms with van der Waals surface area (Å²) in [5.74, 6) is 0. The van der Waals surface area contributed by atoms with Crippen LogP contribution in [-0.2, 0) is 10.0 Å². The lowest BCUT2D eigenvalue weighted by Gasteiger charge is -2.20. The van der Waals surface area contributed by atoms with E-state index in [4.69, 9.17) is 5.14 Å². The Morgan fingerprint density at radius 3 is 2.37 bits per heavy atom. The maximum absolute atomic E-state index is 11.5. The molecule has 0 radical (unpaired) electrons. The molecule has 19 heavy (non-hydrogen) atoms. The van der Waals surface area contributed by atoms with Crippen LogP contribution in [0, 0.1) is 13.8 Å². The molecule has 0 saturated heterocycles. The van der Waals surface area contributed by atoms with Crippen molar-refractivity contribution >= 4 is 15.7 Å². The van der Waals surface area contributed by atoms with Gasteiger partial charge >= 0.3 is 0 Å². The molecule has 3 N–H and O–H groups in total. The van der Waals surface area contributed by atoms with Crippen molar-refractivity contribution in [3.8, 4) is 0 Å². The monoisotopic (exact) mass is 284 g/mol. The summed E-state index contributed by atoms with van der Waals surface area (Å²) < 4.78 is 23.0. The zero-order chi connectivity index (χ0) is 14.6. The Bertz CT molecular complexity index is 539. The maximum Gasteiger partial charge on any atom is 0.238 e. The molecular formula is C14H24N2O2S. The van der Waals surface area contributed by atoms with Gasteiger partial charge in [0.15, 0.2) is 0 Å². The van der Waals surface area contributed by atoms with Crippen LogP contribution >= 0.6 is 0 Å². The van der Waals surface area contributed by atoms with Crippen molar-refractivity contribution < 1.29 is 8.42 Å². The van der Waals surface area contributed by atoms with E-state index in [1.807, 2.05) is 13.8 Å². The van der Waals surface area contributed by atoms with Gasteiger partial charge in [0.05, 0.1) is 4.90 Å². The number of sulfonamides is 1. The fraction of sp³-hybridized carbons (Fsp3) is 0.571. The molecule has 0 fully saturated rings. The van der Waals surface area contributed by atoms with Gasteiger partial charge in [0.1, 0.15) is 0 Å². The van der Waals surface area contributed by atoms with Crippen LogP contribution in [0.25, 0.3) is 0 Å². The third-order valence-corrected chi connectivity index (χ3v) is 4.35. The summed E-state index contributed by atoms with van der Waals surface area (Å²) in [6.07, 6.45) is 3.17. The number of rotatable bonds is 6. The Hall–Kier alpha value is -1.07. The average Bonchev–Trinajstić information content (AvgIpc) is 2.32. The van der Waals surface area contributed by atoms with Crippen molar-refractivity contribution in [3.63, 3.8) is 0 Å². The van der Waals surface area contributed by atoms with Crippen molar-refractivity contribution in [2.24, 2.45) is 5.14 Å². The van der Waals surface area contributed by atoms with Gasteiger partial charge in [0, 0.05) is 11.7 Å². The zero-order valence-electron chi connectivity index (χ0n) is 12.2. The maximum atomic E-state index is 11.5. The summed E-state index contributed by atoms with van der Waals surface area (Å²) in [4.78, 5) is 0.171. The van der Waals surface area contributed by atoms with Crippen LogP contribution in [0.3, 0.4) is 0 Å². The van der Waals surface area contributed by atoms with Gasteiger partial charge in [-0.05, 0) is 49.9 Å². The molecule has 1 unspecified atom stereocenters. The summed E-state index contributed by atoms with van der Waals surface area (Å²) in [6, 6.07) is 3.62. The Kier molecular flexibility index (Phi) is 5.38. The summed E-state index contributed by atoms with van der Waals surface area (Å²) in [5, 5.41) is 8.64. The van der Waals surface area contributed by atoms with Crippen molar-refractivity contribution in [2.75, 3.05) is 5.32 Å². The SMILES string of the molecule is CCCC(CC)Nc1cc(S(N)(=O)=O)cc(C)c1C. The van der Waals surface area contributed by atoms with E-state index in [0.717, 1.165) is 36.1 Å². The Morgan fingerprint density at radius 1 is 1.26 bits per heavy atom. The molecule has 4 nitrogen and oxygen atoms in total. The Balaban J connectivity index is 3.16. The normalized spacial score (nSPS) is 13.3. The van der Waals surface area contributed by atoms with Crippen molar-refractivity contribution in [1.82, 2.24) is 0 Å². The highest BCUT2D eigenvalue weighted by molar-refractivity contribution is 7.89. The largest absolute Gasteiger partial charge is 0.382 e. The fourth-order valence-corrected chi connectivity index (χ4v) is 2.71. The number of hydrogen-bond donors (Lipinski definition) is 2. The summed E-state index contributed by atoms with van der Waals surface area (Å²) >= 11 is 0. The highest BCUT2D eigenvalue weighted by Gasteiger charge is 2.14. The summed E-state index contributed by atoms with van der Waals surface area (Å²) in [6.45, 7) is 8.15. The average molecular weight is 284 g/mol. The first kappa shape index (κ1) is 16.0.